The maximum absolute atomic E-state index is 10.3. The molecule has 0 aliphatic carbocycles. The van der Waals surface area contributed by atoms with Gasteiger partial charge in [0.25, 0.3) is 0 Å². The number of aliphatic hydroxyl groups is 1. The number of hydrogen-bond donors (Lipinski definition) is 1. The number of nitrogens with zero attached hydrogens (tertiary/aromatic N) is 8. The Morgan fingerprint density at radius 1 is 1.15 bits per heavy atom. The molecule has 1 N–H and O–H groups in total. The highest BCUT2D eigenvalue weighted by atomic mass is 16.5. The van der Waals surface area contributed by atoms with Crippen molar-refractivity contribution in [2.45, 2.75) is 72.6 Å². The van der Waals surface area contributed by atoms with Crippen molar-refractivity contribution in [3.05, 3.63) is 41.4 Å². The molecule has 1 aliphatic rings. The van der Waals surface area contributed by atoms with E-state index in [1.165, 1.54) is 0 Å². The fourth-order valence-electron chi connectivity index (χ4n) is 5.18. The summed E-state index contributed by atoms with van der Waals surface area (Å²) >= 11 is 0. The van der Waals surface area contributed by atoms with Crippen molar-refractivity contribution in [2.75, 3.05) is 20.2 Å². The first-order valence-electron chi connectivity index (χ1n) is 14.1. The molecule has 12 nitrogen and oxygen atoms in total. The quantitative estimate of drug-likeness (QED) is 0.360. The second-order valence-corrected chi connectivity index (χ2v) is 10.8. The molecule has 0 unspecified atom stereocenters. The van der Waals surface area contributed by atoms with Crippen molar-refractivity contribution in [1.82, 2.24) is 38.8 Å². The molecule has 0 saturated heterocycles. The van der Waals surface area contributed by atoms with E-state index in [0.717, 1.165) is 34.6 Å². The zero-order valence-electron chi connectivity index (χ0n) is 24.9. The summed E-state index contributed by atoms with van der Waals surface area (Å²) in [5, 5.41) is 19.8. The average Bonchev–Trinajstić information content (AvgIpc) is 3.54. The zero-order chi connectivity index (χ0) is 29.3. The molecule has 1 aliphatic heterocycles. The van der Waals surface area contributed by atoms with Gasteiger partial charge in [-0.3, -0.25) is 14.0 Å². The van der Waals surface area contributed by atoms with Gasteiger partial charge in [-0.25, -0.2) is 14.6 Å². The van der Waals surface area contributed by atoms with Gasteiger partial charge in [0.1, 0.15) is 17.6 Å². The van der Waals surface area contributed by atoms with Crippen LogP contribution in [0, 0.1) is 0 Å². The minimum absolute atomic E-state index is 0.0675. The minimum Gasteiger partial charge on any atom is -0.473 e. The van der Waals surface area contributed by atoms with Gasteiger partial charge in [-0.15, -0.1) is 5.10 Å². The molecule has 12 heteroatoms. The number of imidazole rings is 1. The van der Waals surface area contributed by atoms with Gasteiger partial charge in [0, 0.05) is 45.2 Å². The van der Waals surface area contributed by atoms with Gasteiger partial charge in [-0.05, 0) is 46.4 Å². The molecule has 0 radical (unpaired) electrons. The number of likely N-dealkylation sites (N-methyl/N-ethyl adjacent to an activating group) is 1. The van der Waals surface area contributed by atoms with Crippen LogP contribution in [0.4, 0.5) is 0 Å². The van der Waals surface area contributed by atoms with Crippen molar-refractivity contribution in [3.63, 3.8) is 0 Å². The zero-order valence-corrected chi connectivity index (χ0v) is 24.9. The maximum atomic E-state index is 10.3. The summed E-state index contributed by atoms with van der Waals surface area (Å²) < 4.78 is 23.8. The third-order valence-corrected chi connectivity index (χ3v) is 6.94. The Bertz CT molecular complexity index is 1530. The molecule has 4 aromatic heterocycles. The number of fused-ring (bicyclic) bond motifs is 4. The molecule has 41 heavy (non-hydrogen) atoms. The fraction of sp³-hybridized carbons (Fsp3) is 0.517. The summed E-state index contributed by atoms with van der Waals surface area (Å²) in [6.45, 7) is 12.6. The van der Waals surface area contributed by atoms with Gasteiger partial charge >= 0.3 is 0 Å². The van der Waals surface area contributed by atoms with Crippen LogP contribution in [0.1, 0.15) is 57.4 Å². The standard InChI is InChI=1S/C29H40N8O4/c1-8-35-14-20(5)41-29-27(23(17-39-7)32-34(29)6)21-11-30-26-12-31-25(36(26)15-21)10-9-22-24(16-35)37(13-19(4)38)33-28(22)40-18(2)3/h9-12,15,18-20,38H,8,13-14,16-17H2,1-7H3/b10-9+/t19-,20-/m0/s1. The highest BCUT2D eigenvalue weighted by Gasteiger charge is 2.26. The number of rotatable bonds is 7. The van der Waals surface area contributed by atoms with E-state index in [0.29, 0.717) is 49.5 Å². The van der Waals surface area contributed by atoms with Crippen LogP contribution < -0.4 is 9.47 Å². The summed E-state index contributed by atoms with van der Waals surface area (Å²) in [6, 6.07) is 0. The monoisotopic (exact) mass is 564 g/mol. The van der Waals surface area contributed by atoms with Crippen LogP contribution in [0.3, 0.4) is 0 Å². The highest BCUT2D eigenvalue weighted by Crippen LogP contribution is 2.35. The molecule has 4 aromatic rings. The molecule has 2 bridgehead atoms. The normalized spacial score (nSPS) is 17.6. The van der Waals surface area contributed by atoms with Crippen LogP contribution in [0.15, 0.2) is 18.6 Å². The number of aryl methyl sites for hydroxylation is 1. The van der Waals surface area contributed by atoms with E-state index in [1.807, 2.05) is 54.5 Å². The molecule has 0 saturated carbocycles. The Labute approximate surface area is 240 Å². The van der Waals surface area contributed by atoms with Crippen molar-refractivity contribution >= 4 is 17.8 Å². The van der Waals surface area contributed by atoms with Crippen LogP contribution in [0.5, 0.6) is 11.8 Å². The Morgan fingerprint density at radius 2 is 1.95 bits per heavy atom. The van der Waals surface area contributed by atoms with E-state index >= 15 is 0 Å². The molecular weight excluding hydrogens is 524 g/mol. The number of aliphatic hydroxyl groups excluding tert-OH is 1. The molecule has 2 atom stereocenters. The summed E-state index contributed by atoms with van der Waals surface area (Å²) in [4.78, 5) is 11.6. The van der Waals surface area contributed by atoms with Crippen molar-refractivity contribution in [3.8, 4) is 22.9 Å². The van der Waals surface area contributed by atoms with Gasteiger partial charge in [0.05, 0.1) is 48.4 Å². The fourth-order valence-corrected chi connectivity index (χ4v) is 5.18. The SMILES string of the molecule is CCN1Cc2c(c(OC(C)C)nn2C[C@H](C)O)/C=C/c2ncc3ncc(cn23)-c2c(COC)nn(C)c2O[C@@H](C)C1. The van der Waals surface area contributed by atoms with Crippen molar-refractivity contribution < 1.29 is 19.3 Å². The van der Waals surface area contributed by atoms with Crippen LogP contribution >= 0.6 is 0 Å². The largest absolute Gasteiger partial charge is 0.473 e. The second kappa shape index (κ2) is 12.0. The van der Waals surface area contributed by atoms with Crippen LogP contribution in [0.2, 0.25) is 0 Å². The number of aromatic nitrogens is 7. The van der Waals surface area contributed by atoms with Gasteiger partial charge < -0.3 is 19.3 Å². The predicted octanol–water partition coefficient (Wildman–Crippen LogP) is 3.41. The lowest BCUT2D eigenvalue weighted by atomic mass is 10.1. The van der Waals surface area contributed by atoms with Gasteiger partial charge in [-0.1, -0.05) is 6.92 Å². The lowest BCUT2D eigenvalue weighted by molar-refractivity contribution is 0.131. The number of ether oxygens (including phenoxy) is 3. The molecule has 220 valence electrons. The van der Waals surface area contributed by atoms with Gasteiger partial charge in [-0.2, -0.15) is 5.10 Å². The smallest absolute Gasteiger partial charge is 0.240 e. The van der Waals surface area contributed by atoms with Crippen LogP contribution in [-0.4, -0.2) is 82.4 Å². The van der Waals surface area contributed by atoms with E-state index in [9.17, 15) is 5.11 Å². The third kappa shape index (κ3) is 5.99. The van der Waals surface area contributed by atoms with Crippen LogP contribution in [-0.2, 0) is 31.5 Å². The topological polar surface area (TPSA) is 117 Å². The minimum atomic E-state index is -0.575. The number of hydrogen-bond acceptors (Lipinski definition) is 9. The Kier molecular flexibility index (Phi) is 8.43. The Balaban J connectivity index is 1.72. The lowest BCUT2D eigenvalue weighted by Crippen LogP contribution is -2.35. The average molecular weight is 565 g/mol. The molecule has 5 rings (SSSR count). The first kappa shape index (κ1) is 28.8. The summed E-state index contributed by atoms with van der Waals surface area (Å²) in [5.41, 5.74) is 4.99. The first-order chi connectivity index (χ1) is 19.7. The van der Waals surface area contributed by atoms with Crippen molar-refractivity contribution in [1.29, 1.82) is 0 Å². The lowest BCUT2D eigenvalue weighted by Gasteiger charge is -2.26. The molecule has 0 spiro atoms. The Morgan fingerprint density at radius 3 is 2.66 bits per heavy atom. The van der Waals surface area contributed by atoms with Gasteiger partial charge in [0.15, 0.2) is 5.65 Å². The van der Waals surface area contributed by atoms with E-state index in [-0.39, 0.29) is 12.2 Å². The van der Waals surface area contributed by atoms with Gasteiger partial charge in [0.2, 0.25) is 11.8 Å². The maximum Gasteiger partial charge on any atom is 0.240 e. The third-order valence-electron chi connectivity index (χ3n) is 6.94. The molecular formula is C29H40N8O4. The van der Waals surface area contributed by atoms with E-state index in [4.69, 9.17) is 24.4 Å². The summed E-state index contributed by atoms with van der Waals surface area (Å²) in [6.07, 6.45) is 8.71. The first-order valence-corrected chi connectivity index (χ1v) is 14.1. The van der Waals surface area contributed by atoms with Crippen LogP contribution in [0.25, 0.3) is 28.9 Å². The van der Waals surface area contributed by atoms with Crippen molar-refractivity contribution in [2.24, 2.45) is 7.05 Å². The Hall–Kier alpha value is -3.74. The van der Waals surface area contributed by atoms with E-state index < -0.39 is 6.10 Å². The predicted molar refractivity (Wildman–Crippen MR) is 156 cm³/mol. The van der Waals surface area contributed by atoms with E-state index in [1.54, 1.807) is 24.9 Å². The summed E-state index contributed by atoms with van der Waals surface area (Å²) in [7, 11) is 3.54. The molecule has 5 heterocycles. The second-order valence-electron chi connectivity index (χ2n) is 10.8. The molecule has 0 amide bonds. The van der Waals surface area contributed by atoms with E-state index in [2.05, 4.69) is 28.7 Å². The number of methoxy groups -OCH3 is 1. The summed E-state index contributed by atoms with van der Waals surface area (Å²) in [5.74, 6) is 1.88. The highest BCUT2D eigenvalue weighted by molar-refractivity contribution is 5.74. The molecule has 0 aromatic carbocycles. The molecule has 0 fully saturated rings.